The van der Waals surface area contributed by atoms with Gasteiger partial charge in [0, 0.05) is 18.5 Å². The lowest BCUT2D eigenvalue weighted by atomic mass is 9.78. The van der Waals surface area contributed by atoms with Crippen LogP contribution >= 0.6 is 11.5 Å². The van der Waals surface area contributed by atoms with Gasteiger partial charge in [-0.1, -0.05) is 18.3 Å². The van der Waals surface area contributed by atoms with Crippen molar-refractivity contribution in [1.82, 2.24) is 14.5 Å². The summed E-state index contributed by atoms with van der Waals surface area (Å²) in [4.78, 5) is 15.1. The molecule has 1 fully saturated rings. The first kappa shape index (κ1) is 14.4. The lowest BCUT2D eigenvalue weighted by Gasteiger charge is -2.41. The molecule has 1 aromatic rings. The normalized spacial score (nSPS) is 23.6. The van der Waals surface area contributed by atoms with Crippen molar-refractivity contribution in [2.24, 2.45) is 5.41 Å². The Morgan fingerprint density at radius 1 is 1.53 bits per heavy atom. The molecule has 2 heterocycles. The van der Waals surface area contributed by atoms with E-state index in [4.69, 9.17) is 0 Å². The summed E-state index contributed by atoms with van der Waals surface area (Å²) in [5, 5.41) is 13.6. The van der Waals surface area contributed by atoms with Crippen LogP contribution in [0, 0.1) is 5.41 Å². The number of aryl methyl sites for hydroxylation is 1. The molecular formula is C13H21N3O2S. The van der Waals surface area contributed by atoms with Crippen LogP contribution in [0.4, 0.5) is 0 Å². The molecule has 1 aliphatic heterocycles. The van der Waals surface area contributed by atoms with E-state index in [1.807, 2.05) is 11.8 Å². The number of aromatic nitrogens is 2. The molecule has 0 spiro atoms. The zero-order valence-electron chi connectivity index (χ0n) is 11.6. The molecule has 1 N–H and O–H groups in total. The topological polar surface area (TPSA) is 66.3 Å². The molecule has 106 valence electrons. The summed E-state index contributed by atoms with van der Waals surface area (Å²) in [5.41, 5.74) is 0.657. The number of aliphatic hydroxyl groups excluding tert-OH is 1. The van der Waals surface area contributed by atoms with Crippen molar-refractivity contribution in [1.29, 1.82) is 0 Å². The van der Waals surface area contributed by atoms with Gasteiger partial charge in [-0.25, -0.2) is 0 Å². The Morgan fingerprint density at radius 2 is 2.32 bits per heavy atom. The maximum atomic E-state index is 12.5. The molecule has 19 heavy (non-hydrogen) atoms. The third-order valence-electron chi connectivity index (χ3n) is 4.12. The quantitative estimate of drug-likeness (QED) is 0.914. The molecule has 1 aliphatic rings. The van der Waals surface area contributed by atoms with Crippen molar-refractivity contribution < 1.29 is 9.90 Å². The van der Waals surface area contributed by atoms with Gasteiger partial charge in [-0.15, -0.1) is 5.10 Å². The second-order valence-corrected chi connectivity index (χ2v) is 6.00. The number of piperidine rings is 1. The third-order valence-corrected chi connectivity index (χ3v) is 4.88. The van der Waals surface area contributed by atoms with Crippen molar-refractivity contribution >= 4 is 17.4 Å². The molecule has 0 radical (unpaired) electrons. The van der Waals surface area contributed by atoms with Crippen LogP contribution in [0.3, 0.4) is 0 Å². The fourth-order valence-corrected chi connectivity index (χ4v) is 3.38. The lowest BCUT2D eigenvalue weighted by Crippen LogP contribution is -2.47. The van der Waals surface area contributed by atoms with E-state index in [-0.39, 0.29) is 17.9 Å². The number of hydrogen-bond donors (Lipinski definition) is 1. The predicted octanol–water partition coefficient (Wildman–Crippen LogP) is 1.73. The molecular weight excluding hydrogens is 262 g/mol. The second kappa shape index (κ2) is 5.96. The first-order valence-electron chi connectivity index (χ1n) is 6.87. The van der Waals surface area contributed by atoms with E-state index < -0.39 is 0 Å². The minimum Gasteiger partial charge on any atom is -0.396 e. The van der Waals surface area contributed by atoms with Crippen LogP contribution in [0.25, 0.3) is 0 Å². The summed E-state index contributed by atoms with van der Waals surface area (Å²) >= 11 is 1.18. The van der Waals surface area contributed by atoms with Crippen LogP contribution < -0.4 is 0 Å². The fraction of sp³-hybridized carbons (Fsp3) is 0.769. The highest BCUT2D eigenvalue weighted by Crippen LogP contribution is 2.33. The van der Waals surface area contributed by atoms with Gasteiger partial charge >= 0.3 is 0 Å². The van der Waals surface area contributed by atoms with Gasteiger partial charge in [0.15, 0.2) is 0 Å². The van der Waals surface area contributed by atoms with E-state index >= 15 is 0 Å². The van der Waals surface area contributed by atoms with Crippen LogP contribution in [0.15, 0.2) is 0 Å². The van der Waals surface area contributed by atoms with Gasteiger partial charge in [0.2, 0.25) is 0 Å². The first-order chi connectivity index (χ1) is 9.15. The van der Waals surface area contributed by atoms with Crippen LogP contribution in [-0.2, 0) is 6.42 Å². The van der Waals surface area contributed by atoms with Crippen LogP contribution in [0.2, 0.25) is 0 Å². The maximum absolute atomic E-state index is 12.5. The highest BCUT2D eigenvalue weighted by Gasteiger charge is 2.36. The van der Waals surface area contributed by atoms with Crippen molar-refractivity contribution in [3.05, 3.63) is 10.6 Å². The highest BCUT2D eigenvalue weighted by atomic mass is 32.1. The molecule has 0 unspecified atom stereocenters. The van der Waals surface area contributed by atoms with Crippen molar-refractivity contribution in [2.75, 3.05) is 19.7 Å². The first-order valence-corrected chi connectivity index (χ1v) is 7.64. The number of nitrogens with zero attached hydrogens (tertiary/aromatic N) is 3. The number of likely N-dealkylation sites (tertiary alicyclic amines) is 1. The van der Waals surface area contributed by atoms with E-state index in [0.29, 0.717) is 11.4 Å². The molecule has 1 saturated heterocycles. The molecule has 0 saturated carbocycles. The predicted molar refractivity (Wildman–Crippen MR) is 74.2 cm³/mol. The number of carbonyl (C=O) groups is 1. The largest absolute Gasteiger partial charge is 0.396 e. The van der Waals surface area contributed by atoms with Gasteiger partial charge in [0.1, 0.15) is 4.88 Å². The van der Waals surface area contributed by atoms with Crippen LogP contribution in [0.5, 0.6) is 0 Å². The summed E-state index contributed by atoms with van der Waals surface area (Å²) in [6.07, 6.45) is 3.57. The molecule has 1 amide bonds. The van der Waals surface area contributed by atoms with E-state index in [0.717, 1.165) is 37.9 Å². The molecule has 0 aromatic carbocycles. The average molecular weight is 283 g/mol. The standard InChI is InChI=1S/C13H21N3O2S/c1-3-10-11(19-15-14-10)12(18)16-7-5-6-13(4-2,8-16)9-17/h17H,3-9H2,1-2H3/t13-/m1/s1. The van der Waals surface area contributed by atoms with Crippen molar-refractivity contribution in [2.45, 2.75) is 39.5 Å². The number of amides is 1. The fourth-order valence-electron chi connectivity index (χ4n) is 2.66. The molecule has 6 heteroatoms. The van der Waals surface area contributed by atoms with E-state index in [1.165, 1.54) is 11.5 Å². The van der Waals surface area contributed by atoms with Crippen molar-refractivity contribution in [3.63, 3.8) is 0 Å². The molecule has 0 bridgehead atoms. The van der Waals surface area contributed by atoms with Gasteiger partial charge in [0.05, 0.1) is 12.3 Å². The molecule has 0 aliphatic carbocycles. The number of carbonyl (C=O) groups excluding carboxylic acids is 1. The van der Waals surface area contributed by atoms with Gasteiger partial charge in [0.25, 0.3) is 5.91 Å². The molecule has 1 atom stereocenters. The summed E-state index contributed by atoms with van der Waals surface area (Å²) in [6.45, 7) is 5.61. The van der Waals surface area contributed by atoms with Gasteiger partial charge in [-0.3, -0.25) is 4.79 Å². The Bertz CT molecular complexity index is 443. The van der Waals surface area contributed by atoms with Crippen LogP contribution in [0.1, 0.15) is 48.5 Å². The summed E-state index contributed by atoms with van der Waals surface area (Å²) in [7, 11) is 0. The number of hydrogen-bond acceptors (Lipinski definition) is 5. The summed E-state index contributed by atoms with van der Waals surface area (Å²) in [6, 6.07) is 0. The Labute approximate surface area is 117 Å². The van der Waals surface area contributed by atoms with E-state index in [2.05, 4.69) is 16.5 Å². The van der Waals surface area contributed by atoms with Gasteiger partial charge < -0.3 is 10.0 Å². The molecule has 5 nitrogen and oxygen atoms in total. The smallest absolute Gasteiger partial charge is 0.267 e. The summed E-state index contributed by atoms with van der Waals surface area (Å²) in [5.74, 6) is 0.0258. The lowest BCUT2D eigenvalue weighted by molar-refractivity contribution is 0.0254. The minimum absolute atomic E-state index is 0.0258. The van der Waals surface area contributed by atoms with Crippen molar-refractivity contribution in [3.8, 4) is 0 Å². The summed E-state index contributed by atoms with van der Waals surface area (Å²) < 4.78 is 3.88. The Kier molecular flexibility index (Phi) is 4.52. The minimum atomic E-state index is -0.127. The van der Waals surface area contributed by atoms with E-state index in [1.54, 1.807) is 0 Å². The Morgan fingerprint density at radius 3 is 2.95 bits per heavy atom. The van der Waals surface area contributed by atoms with Gasteiger partial charge in [-0.05, 0) is 37.2 Å². The molecule has 1 aromatic heterocycles. The van der Waals surface area contributed by atoms with Gasteiger partial charge in [-0.2, -0.15) is 0 Å². The average Bonchev–Trinajstić information content (AvgIpc) is 2.94. The maximum Gasteiger partial charge on any atom is 0.267 e. The molecule has 2 rings (SSSR count). The Hall–Kier alpha value is -1.01. The number of rotatable bonds is 4. The third kappa shape index (κ3) is 2.79. The number of aliphatic hydroxyl groups is 1. The van der Waals surface area contributed by atoms with Crippen LogP contribution in [-0.4, -0.2) is 45.2 Å². The monoisotopic (exact) mass is 283 g/mol. The Balaban J connectivity index is 2.15. The SMILES string of the molecule is CCc1nnsc1C(=O)N1CCC[C@@](CC)(CO)C1. The highest BCUT2D eigenvalue weighted by molar-refractivity contribution is 7.08. The zero-order valence-corrected chi connectivity index (χ0v) is 12.4. The second-order valence-electron chi connectivity index (χ2n) is 5.24. The van der Waals surface area contributed by atoms with E-state index in [9.17, 15) is 9.90 Å². The zero-order chi connectivity index (χ0) is 13.9.